The van der Waals surface area contributed by atoms with Gasteiger partial charge in [0.15, 0.2) is 0 Å². The maximum Gasteiger partial charge on any atom is 0.254 e. The summed E-state index contributed by atoms with van der Waals surface area (Å²) in [7, 11) is 0. The van der Waals surface area contributed by atoms with Crippen LogP contribution in [0.2, 0.25) is 0 Å². The number of carbonyl (C=O) groups is 2. The maximum atomic E-state index is 13.7. The fourth-order valence-electron chi connectivity index (χ4n) is 4.43. The number of benzene rings is 2. The largest absolute Gasteiger partial charge is 0.491 e. The summed E-state index contributed by atoms with van der Waals surface area (Å²) in [5.74, 6) is 0.00226. The first kappa shape index (κ1) is 24.9. The topological polar surface area (TPSA) is 49.9 Å². The average Bonchev–Trinajstić information content (AvgIpc) is 3.35. The summed E-state index contributed by atoms with van der Waals surface area (Å²) >= 11 is 1.69. The molecule has 4 rings (SSSR count). The summed E-state index contributed by atoms with van der Waals surface area (Å²) in [4.78, 5) is 31.9. The lowest BCUT2D eigenvalue weighted by Crippen LogP contribution is -2.50. The van der Waals surface area contributed by atoms with Crippen molar-refractivity contribution in [1.82, 2.24) is 9.80 Å². The summed E-state index contributed by atoms with van der Waals surface area (Å²) in [5.41, 5.74) is 2.59. The van der Waals surface area contributed by atoms with Crippen molar-refractivity contribution < 1.29 is 18.7 Å². The molecule has 0 saturated carbocycles. The van der Waals surface area contributed by atoms with Gasteiger partial charge in [0.25, 0.3) is 5.91 Å². The molecule has 5 nitrogen and oxygen atoms in total. The molecule has 0 unspecified atom stereocenters. The van der Waals surface area contributed by atoms with Gasteiger partial charge in [0.2, 0.25) is 5.91 Å². The van der Waals surface area contributed by atoms with Crippen LogP contribution in [0.4, 0.5) is 4.39 Å². The van der Waals surface area contributed by atoms with Crippen LogP contribution in [0.3, 0.4) is 0 Å². The zero-order valence-electron chi connectivity index (χ0n) is 20.4. The summed E-state index contributed by atoms with van der Waals surface area (Å²) in [6.07, 6.45) is 1.53. The maximum absolute atomic E-state index is 13.7. The minimum Gasteiger partial charge on any atom is -0.491 e. The van der Waals surface area contributed by atoms with E-state index >= 15 is 0 Å². The Morgan fingerprint density at radius 2 is 1.91 bits per heavy atom. The van der Waals surface area contributed by atoms with Gasteiger partial charge in [-0.25, -0.2) is 4.39 Å². The number of aryl methyl sites for hydroxylation is 1. The Labute approximate surface area is 210 Å². The zero-order valence-corrected chi connectivity index (χ0v) is 21.2. The van der Waals surface area contributed by atoms with Gasteiger partial charge in [-0.2, -0.15) is 0 Å². The van der Waals surface area contributed by atoms with E-state index in [1.165, 1.54) is 17.0 Å². The molecule has 0 fully saturated rings. The standard InChI is InChI=1S/C28H31FN2O3S/c1-4-20(3)31(28(33)23-8-6-5-7-19(23)2)17-27(32)30-15-13-26-24(14-16-35-26)25(30)18-34-22-11-9-21(29)10-12-22/h5-12,14,16,20,25H,4,13,15,17-18H2,1-3H3/t20-,25-/m0/s1. The molecule has 0 spiro atoms. The van der Waals surface area contributed by atoms with Gasteiger partial charge in [-0.1, -0.05) is 25.1 Å². The lowest BCUT2D eigenvalue weighted by molar-refractivity contribution is -0.136. The van der Waals surface area contributed by atoms with Gasteiger partial charge in [-0.3, -0.25) is 9.59 Å². The fourth-order valence-corrected chi connectivity index (χ4v) is 5.36. The first-order valence-corrected chi connectivity index (χ1v) is 12.9. The first-order valence-electron chi connectivity index (χ1n) is 12.0. The molecule has 2 atom stereocenters. The highest BCUT2D eigenvalue weighted by molar-refractivity contribution is 7.10. The van der Waals surface area contributed by atoms with Gasteiger partial charge in [-0.05, 0) is 79.6 Å². The molecule has 0 aliphatic carbocycles. The molecule has 2 heterocycles. The summed E-state index contributed by atoms with van der Waals surface area (Å²) < 4.78 is 19.3. The van der Waals surface area contributed by atoms with Crippen LogP contribution in [0.1, 0.15) is 52.7 Å². The summed E-state index contributed by atoms with van der Waals surface area (Å²) in [5, 5.41) is 2.04. The third-order valence-electron chi connectivity index (χ3n) is 6.70. The second-order valence-corrected chi connectivity index (χ2v) is 9.92. The van der Waals surface area contributed by atoms with Crippen molar-refractivity contribution in [2.45, 2.75) is 45.7 Å². The van der Waals surface area contributed by atoms with Crippen LogP contribution in [0.25, 0.3) is 0 Å². The minimum atomic E-state index is -0.324. The van der Waals surface area contributed by atoms with Gasteiger partial charge in [0.05, 0.1) is 6.04 Å². The normalized spacial score (nSPS) is 15.9. The molecule has 7 heteroatoms. The number of fused-ring (bicyclic) bond motifs is 1. The van der Waals surface area contributed by atoms with Crippen molar-refractivity contribution in [2.75, 3.05) is 19.7 Å². The number of ether oxygens (including phenoxy) is 1. The molecule has 1 aliphatic rings. The third kappa shape index (κ3) is 5.56. The highest BCUT2D eigenvalue weighted by Gasteiger charge is 2.34. The Morgan fingerprint density at radius 3 is 2.63 bits per heavy atom. The van der Waals surface area contributed by atoms with Crippen LogP contribution in [0, 0.1) is 12.7 Å². The molecule has 2 aromatic carbocycles. The van der Waals surface area contributed by atoms with Crippen molar-refractivity contribution in [3.63, 3.8) is 0 Å². The molecular weight excluding hydrogens is 463 g/mol. The Balaban J connectivity index is 1.55. The third-order valence-corrected chi connectivity index (χ3v) is 7.70. The number of nitrogens with zero attached hydrogens (tertiary/aromatic N) is 2. The number of hydrogen-bond acceptors (Lipinski definition) is 4. The second kappa shape index (κ2) is 11.0. The summed E-state index contributed by atoms with van der Waals surface area (Å²) in [6, 6.07) is 15.1. The number of thiophene rings is 1. The molecule has 1 aromatic heterocycles. The fraction of sp³-hybridized carbons (Fsp3) is 0.357. The summed E-state index contributed by atoms with van der Waals surface area (Å²) in [6.45, 7) is 6.74. The van der Waals surface area contributed by atoms with Crippen LogP contribution in [0.5, 0.6) is 5.75 Å². The second-order valence-electron chi connectivity index (χ2n) is 8.92. The average molecular weight is 495 g/mol. The van der Waals surface area contributed by atoms with E-state index in [2.05, 4.69) is 0 Å². The van der Waals surface area contributed by atoms with Crippen molar-refractivity contribution in [3.05, 3.63) is 87.4 Å². The van der Waals surface area contributed by atoms with Gasteiger partial charge < -0.3 is 14.5 Å². The molecule has 3 aromatic rings. The Morgan fingerprint density at radius 1 is 1.17 bits per heavy atom. The van der Waals surface area contributed by atoms with Crippen molar-refractivity contribution in [1.29, 1.82) is 0 Å². The van der Waals surface area contributed by atoms with Crippen molar-refractivity contribution in [3.8, 4) is 5.75 Å². The van der Waals surface area contributed by atoms with Gasteiger partial charge in [-0.15, -0.1) is 11.3 Å². The molecule has 1 aliphatic heterocycles. The van der Waals surface area contributed by atoms with E-state index in [4.69, 9.17) is 4.74 Å². The molecular formula is C28H31FN2O3S. The highest BCUT2D eigenvalue weighted by atomic mass is 32.1. The Hall–Kier alpha value is -3.19. The number of hydrogen-bond donors (Lipinski definition) is 0. The van der Waals surface area contributed by atoms with E-state index in [1.807, 2.05) is 61.4 Å². The van der Waals surface area contributed by atoms with Crippen LogP contribution >= 0.6 is 11.3 Å². The van der Waals surface area contributed by atoms with Crippen molar-refractivity contribution in [2.24, 2.45) is 0 Å². The van der Waals surface area contributed by atoms with E-state index in [1.54, 1.807) is 28.4 Å². The first-order chi connectivity index (χ1) is 16.9. The highest BCUT2D eigenvalue weighted by Crippen LogP contribution is 2.34. The van der Waals surface area contributed by atoms with Gasteiger partial charge in [0.1, 0.15) is 24.7 Å². The van der Waals surface area contributed by atoms with E-state index in [0.717, 1.165) is 24.0 Å². The SMILES string of the molecule is CC[C@H](C)N(CC(=O)N1CCc2sccc2[C@@H]1COc1ccc(F)cc1)C(=O)c1ccccc1C. The van der Waals surface area contributed by atoms with Crippen LogP contribution in [-0.4, -0.2) is 47.4 Å². The van der Waals surface area contributed by atoms with Crippen LogP contribution in [-0.2, 0) is 11.2 Å². The predicted octanol–water partition coefficient (Wildman–Crippen LogP) is 5.64. The van der Waals surface area contributed by atoms with Crippen LogP contribution < -0.4 is 4.74 Å². The Kier molecular flexibility index (Phi) is 7.86. The molecule has 0 N–H and O–H groups in total. The monoisotopic (exact) mass is 494 g/mol. The number of rotatable bonds is 8. The van der Waals surface area contributed by atoms with E-state index in [0.29, 0.717) is 17.9 Å². The zero-order chi connectivity index (χ0) is 24.9. The quantitative estimate of drug-likeness (QED) is 0.407. The van der Waals surface area contributed by atoms with E-state index < -0.39 is 0 Å². The lowest BCUT2D eigenvalue weighted by Gasteiger charge is -2.38. The van der Waals surface area contributed by atoms with Crippen molar-refractivity contribution >= 4 is 23.2 Å². The lowest BCUT2D eigenvalue weighted by atomic mass is 10.00. The van der Waals surface area contributed by atoms with E-state index in [-0.39, 0.29) is 42.9 Å². The molecule has 0 saturated heterocycles. The molecule has 35 heavy (non-hydrogen) atoms. The molecule has 2 amide bonds. The smallest absolute Gasteiger partial charge is 0.254 e. The predicted molar refractivity (Wildman–Crippen MR) is 136 cm³/mol. The number of carbonyl (C=O) groups excluding carboxylic acids is 2. The van der Waals surface area contributed by atoms with Gasteiger partial charge >= 0.3 is 0 Å². The van der Waals surface area contributed by atoms with Gasteiger partial charge in [0, 0.05) is 23.0 Å². The van der Waals surface area contributed by atoms with Crippen LogP contribution in [0.15, 0.2) is 60.0 Å². The number of halogens is 1. The molecule has 0 radical (unpaired) electrons. The molecule has 0 bridgehead atoms. The number of amides is 2. The van der Waals surface area contributed by atoms with E-state index in [9.17, 15) is 14.0 Å². The minimum absolute atomic E-state index is 0.00862. The molecule has 184 valence electrons. The Bertz CT molecular complexity index is 1180.